The predicted molar refractivity (Wildman–Crippen MR) is 97.2 cm³/mol. The van der Waals surface area contributed by atoms with Crippen LogP contribution in [-0.2, 0) is 21.1 Å². The topological polar surface area (TPSA) is 89.0 Å². The van der Waals surface area contributed by atoms with Crippen molar-refractivity contribution in [2.75, 3.05) is 11.6 Å². The summed E-state index contributed by atoms with van der Waals surface area (Å²) in [7, 11) is -3.23. The van der Waals surface area contributed by atoms with E-state index in [0.29, 0.717) is 5.13 Å². The van der Waals surface area contributed by atoms with E-state index in [9.17, 15) is 13.2 Å². The molecule has 0 unspecified atom stereocenters. The number of carbonyl (C=O) groups is 1. The molecule has 128 valence electrons. The Hall–Kier alpha value is -2.58. The first-order chi connectivity index (χ1) is 11.9. The Morgan fingerprint density at radius 3 is 2.44 bits per heavy atom. The zero-order valence-electron chi connectivity index (χ0n) is 13.3. The Morgan fingerprint density at radius 2 is 1.80 bits per heavy atom. The zero-order chi connectivity index (χ0) is 17.9. The Labute approximate surface area is 149 Å². The number of anilines is 1. The van der Waals surface area contributed by atoms with Gasteiger partial charge in [0.1, 0.15) is 0 Å². The van der Waals surface area contributed by atoms with Crippen LogP contribution in [0.3, 0.4) is 0 Å². The van der Waals surface area contributed by atoms with Crippen LogP contribution in [0.4, 0.5) is 5.13 Å². The first kappa shape index (κ1) is 17.2. The number of hydrogen-bond donors (Lipinski definition) is 1. The van der Waals surface area contributed by atoms with Crippen LogP contribution in [0.2, 0.25) is 0 Å². The second kappa shape index (κ2) is 7.12. The van der Waals surface area contributed by atoms with Crippen molar-refractivity contribution in [1.82, 2.24) is 9.97 Å². The van der Waals surface area contributed by atoms with E-state index in [4.69, 9.17) is 0 Å². The highest BCUT2D eigenvalue weighted by Gasteiger charge is 2.10. The van der Waals surface area contributed by atoms with Crippen LogP contribution in [0, 0.1) is 0 Å². The zero-order valence-corrected chi connectivity index (χ0v) is 15.0. The first-order valence-electron chi connectivity index (χ1n) is 7.36. The molecule has 3 rings (SSSR count). The van der Waals surface area contributed by atoms with Gasteiger partial charge in [-0.15, -0.1) is 11.3 Å². The minimum atomic E-state index is -3.23. The van der Waals surface area contributed by atoms with Crippen molar-refractivity contribution < 1.29 is 13.2 Å². The van der Waals surface area contributed by atoms with Crippen LogP contribution in [0.1, 0.15) is 5.56 Å². The van der Waals surface area contributed by atoms with Gasteiger partial charge in [0.05, 0.1) is 17.0 Å². The molecular formula is C17H15N3O3S2. The van der Waals surface area contributed by atoms with Gasteiger partial charge >= 0.3 is 0 Å². The average Bonchev–Trinajstić information content (AvgIpc) is 3.03. The summed E-state index contributed by atoms with van der Waals surface area (Å²) in [6.07, 6.45) is 4.67. The van der Waals surface area contributed by atoms with Crippen LogP contribution in [0.5, 0.6) is 0 Å². The number of rotatable bonds is 5. The fourth-order valence-corrected chi connectivity index (χ4v) is 3.56. The van der Waals surface area contributed by atoms with E-state index in [1.807, 2.05) is 17.5 Å². The minimum Gasteiger partial charge on any atom is -0.302 e. The molecule has 1 N–H and O–H groups in total. The summed E-state index contributed by atoms with van der Waals surface area (Å²) in [6.45, 7) is 0. The van der Waals surface area contributed by atoms with Crippen LogP contribution in [0.15, 0.2) is 59.1 Å². The van der Waals surface area contributed by atoms with Crippen molar-refractivity contribution in [2.24, 2.45) is 0 Å². The number of amides is 1. The lowest BCUT2D eigenvalue weighted by atomic mass is 10.1. The van der Waals surface area contributed by atoms with Gasteiger partial charge in [-0.05, 0) is 29.8 Å². The van der Waals surface area contributed by atoms with Crippen molar-refractivity contribution >= 4 is 32.2 Å². The smallest absolute Gasteiger partial charge is 0.230 e. The molecule has 1 amide bonds. The lowest BCUT2D eigenvalue weighted by Crippen LogP contribution is -2.14. The predicted octanol–water partition coefficient (Wildman–Crippen LogP) is 2.79. The van der Waals surface area contributed by atoms with Crippen molar-refractivity contribution in [3.05, 3.63) is 59.7 Å². The number of carbonyl (C=O) groups excluding carboxylic acids is 1. The van der Waals surface area contributed by atoms with Crippen LogP contribution >= 0.6 is 11.3 Å². The van der Waals surface area contributed by atoms with Crippen molar-refractivity contribution in [3.63, 3.8) is 0 Å². The number of nitrogens with one attached hydrogen (secondary N) is 1. The third kappa shape index (κ3) is 4.49. The van der Waals surface area contributed by atoms with Crippen LogP contribution in [0.25, 0.3) is 11.3 Å². The number of hydrogen-bond acceptors (Lipinski definition) is 6. The number of sulfone groups is 1. The Bertz CT molecular complexity index is 981. The summed E-state index contributed by atoms with van der Waals surface area (Å²) in [5, 5.41) is 5.15. The van der Waals surface area contributed by atoms with E-state index < -0.39 is 9.84 Å². The number of pyridine rings is 1. The number of thiazole rings is 1. The van der Waals surface area contributed by atoms with Gasteiger partial charge in [0.25, 0.3) is 0 Å². The molecule has 6 nitrogen and oxygen atoms in total. The highest BCUT2D eigenvalue weighted by molar-refractivity contribution is 7.90. The van der Waals surface area contributed by atoms with Crippen LogP contribution in [-0.4, -0.2) is 30.5 Å². The van der Waals surface area contributed by atoms with E-state index in [-0.39, 0.29) is 17.2 Å². The highest BCUT2D eigenvalue weighted by Crippen LogP contribution is 2.24. The molecule has 0 bridgehead atoms. The van der Waals surface area contributed by atoms with E-state index in [0.717, 1.165) is 23.1 Å². The summed E-state index contributed by atoms with van der Waals surface area (Å²) >= 11 is 1.35. The van der Waals surface area contributed by atoms with Gasteiger partial charge in [-0.25, -0.2) is 13.4 Å². The SMILES string of the molecule is CS(=O)(=O)c1ccc(CC(=O)Nc2nc(-c3ccncc3)cs2)cc1. The Morgan fingerprint density at radius 1 is 1.12 bits per heavy atom. The second-order valence-corrected chi connectivity index (χ2v) is 8.29. The molecule has 0 saturated heterocycles. The Balaban J connectivity index is 1.64. The molecule has 1 aromatic carbocycles. The maximum absolute atomic E-state index is 12.1. The number of benzene rings is 1. The van der Waals surface area contributed by atoms with E-state index in [2.05, 4.69) is 15.3 Å². The molecule has 2 aromatic heterocycles. The van der Waals surface area contributed by atoms with E-state index >= 15 is 0 Å². The van der Waals surface area contributed by atoms with Crippen molar-refractivity contribution in [2.45, 2.75) is 11.3 Å². The third-order valence-corrected chi connectivity index (χ3v) is 5.33. The Kier molecular flexibility index (Phi) is 4.91. The third-order valence-electron chi connectivity index (χ3n) is 3.44. The number of nitrogens with zero attached hydrogens (tertiary/aromatic N) is 2. The fraction of sp³-hybridized carbons (Fsp3) is 0.118. The van der Waals surface area contributed by atoms with Crippen molar-refractivity contribution in [3.8, 4) is 11.3 Å². The molecule has 0 aliphatic carbocycles. The molecule has 2 heterocycles. The molecule has 8 heteroatoms. The summed E-state index contributed by atoms with van der Waals surface area (Å²) in [6, 6.07) is 9.99. The molecule has 0 aliphatic heterocycles. The van der Waals surface area contributed by atoms with Crippen LogP contribution < -0.4 is 5.32 Å². The lowest BCUT2D eigenvalue weighted by molar-refractivity contribution is -0.115. The van der Waals surface area contributed by atoms with Gasteiger partial charge in [-0.1, -0.05) is 12.1 Å². The normalized spacial score (nSPS) is 11.2. The van der Waals surface area contributed by atoms with Gasteiger partial charge in [-0.3, -0.25) is 9.78 Å². The highest BCUT2D eigenvalue weighted by atomic mass is 32.2. The summed E-state index contributed by atoms with van der Waals surface area (Å²) in [5.74, 6) is -0.206. The summed E-state index contributed by atoms with van der Waals surface area (Å²) < 4.78 is 22.9. The molecule has 3 aromatic rings. The maximum Gasteiger partial charge on any atom is 0.230 e. The molecule has 0 spiro atoms. The lowest BCUT2D eigenvalue weighted by Gasteiger charge is -2.03. The minimum absolute atomic E-state index is 0.147. The molecular weight excluding hydrogens is 358 g/mol. The summed E-state index contributed by atoms with van der Waals surface area (Å²) in [5.41, 5.74) is 2.44. The van der Waals surface area contributed by atoms with Gasteiger partial charge in [-0.2, -0.15) is 0 Å². The molecule has 0 fully saturated rings. The van der Waals surface area contributed by atoms with E-state index in [1.54, 1.807) is 24.5 Å². The maximum atomic E-state index is 12.1. The van der Waals surface area contributed by atoms with E-state index in [1.165, 1.54) is 23.5 Å². The standard InChI is InChI=1S/C17H15N3O3S2/c1-25(22,23)14-4-2-12(3-5-14)10-16(21)20-17-19-15(11-24-17)13-6-8-18-9-7-13/h2-9,11H,10H2,1H3,(H,19,20,21). The van der Waals surface area contributed by atoms with Gasteiger partial charge in [0.2, 0.25) is 5.91 Å². The molecule has 0 atom stereocenters. The van der Waals surface area contributed by atoms with Crippen molar-refractivity contribution in [1.29, 1.82) is 0 Å². The molecule has 0 saturated carbocycles. The monoisotopic (exact) mass is 373 g/mol. The van der Waals surface area contributed by atoms with Gasteiger partial charge < -0.3 is 5.32 Å². The number of aromatic nitrogens is 2. The average molecular weight is 373 g/mol. The molecule has 25 heavy (non-hydrogen) atoms. The van der Waals surface area contributed by atoms with Gasteiger partial charge in [0, 0.05) is 29.6 Å². The largest absolute Gasteiger partial charge is 0.302 e. The fourth-order valence-electron chi connectivity index (χ4n) is 2.19. The van der Waals surface area contributed by atoms with Gasteiger partial charge in [0.15, 0.2) is 15.0 Å². The second-order valence-electron chi connectivity index (χ2n) is 5.41. The summed E-state index contributed by atoms with van der Waals surface area (Å²) in [4.78, 5) is 20.7. The first-order valence-corrected chi connectivity index (χ1v) is 10.1. The molecule has 0 radical (unpaired) electrons. The quantitative estimate of drug-likeness (QED) is 0.743. The molecule has 0 aliphatic rings.